The van der Waals surface area contributed by atoms with Crippen LogP contribution in [-0.2, 0) is 6.42 Å². The van der Waals surface area contributed by atoms with Gasteiger partial charge in [-0.15, -0.1) is 11.3 Å². The lowest BCUT2D eigenvalue weighted by Crippen LogP contribution is -2.40. The van der Waals surface area contributed by atoms with Crippen molar-refractivity contribution in [3.05, 3.63) is 69.5 Å². The average molecular weight is 425 g/mol. The molecule has 0 spiro atoms. The zero-order valence-electron chi connectivity index (χ0n) is 17.3. The maximum Gasteiger partial charge on any atom is 0.260 e. The fourth-order valence-corrected chi connectivity index (χ4v) is 4.73. The Morgan fingerprint density at radius 2 is 2.00 bits per heavy atom. The molecule has 0 N–H and O–H groups in total. The van der Waals surface area contributed by atoms with Crippen LogP contribution in [0.25, 0.3) is 0 Å². The smallest absolute Gasteiger partial charge is 0.260 e. The van der Waals surface area contributed by atoms with Gasteiger partial charge in [0.05, 0.1) is 26.9 Å². The topological polar surface area (TPSA) is 60.9 Å². The Morgan fingerprint density at radius 1 is 1.20 bits per heavy atom. The Kier molecular flexibility index (Phi) is 5.90. The Hall–Kier alpha value is -3.06. The lowest BCUT2D eigenvalue weighted by atomic mass is 9.90. The van der Waals surface area contributed by atoms with Crippen LogP contribution in [0.5, 0.6) is 17.4 Å². The van der Waals surface area contributed by atoms with E-state index < -0.39 is 0 Å². The van der Waals surface area contributed by atoms with E-state index in [2.05, 4.69) is 11.1 Å². The third-order valence-corrected chi connectivity index (χ3v) is 6.15. The van der Waals surface area contributed by atoms with Crippen molar-refractivity contribution in [1.82, 2.24) is 9.88 Å². The number of hydrogen-bond donors (Lipinski definition) is 0. The molecular formula is C23H24N2O4S. The summed E-state index contributed by atoms with van der Waals surface area (Å²) in [6, 6.07) is 11.4. The van der Waals surface area contributed by atoms with Crippen LogP contribution >= 0.6 is 11.3 Å². The highest BCUT2D eigenvalue weighted by Crippen LogP contribution is 2.43. The van der Waals surface area contributed by atoms with Crippen LogP contribution in [0.3, 0.4) is 0 Å². The SMILES string of the molecule is CCOc1ncccc1C(=O)N1CCc2cc(OC)c(OC)cc2C1c1cccs1. The van der Waals surface area contributed by atoms with Gasteiger partial charge in [-0.1, -0.05) is 6.07 Å². The van der Waals surface area contributed by atoms with Gasteiger partial charge in [-0.3, -0.25) is 4.79 Å². The second-order valence-corrected chi connectivity index (χ2v) is 7.84. The lowest BCUT2D eigenvalue weighted by Gasteiger charge is -2.37. The van der Waals surface area contributed by atoms with Crippen molar-refractivity contribution in [1.29, 1.82) is 0 Å². The molecule has 1 amide bonds. The predicted molar refractivity (Wildman–Crippen MR) is 116 cm³/mol. The fraction of sp³-hybridized carbons (Fsp3) is 0.304. The van der Waals surface area contributed by atoms with E-state index in [1.54, 1.807) is 43.9 Å². The summed E-state index contributed by atoms with van der Waals surface area (Å²) in [5.74, 6) is 1.63. The number of thiophene rings is 1. The van der Waals surface area contributed by atoms with E-state index in [0.29, 0.717) is 36.1 Å². The monoisotopic (exact) mass is 424 g/mol. The molecule has 1 aliphatic rings. The van der Waals surface area contributed by atoms with Gasteiger partial charge in [0.15, 0.2) is 11.5 Å². The summed E-state index contributed by atoms with van der Waals surface area (Å²) < 4.78 is 16.6. The molecule has 156 valence electrons. The van der Waals surface area contributed by atoms with Gasteiger partial charge in [-0.05, 0) is 60.2 Å². The number of nitrogens with zero attached hydrogens (tertiary/aromatic N) is 2. The molecule has 1 atom stereocenters. The summed E-state index contributed by atoms with van der Waals surface area (Å²) in [7, 11) is 3.26. The van der Waals surface area contributed by atoms with Crippen LogP contribution in [0.15, 0.2) is 48.0 Å². The maximum atomic E-state index is 13.6. The second-order valence-electron chi connectivity index (χ2n) is 6.86. The molecule has 0 bridgehead atoms. The van der Waals surface area contributed by atoms with E-state index in [9.17, 15) is 4.79 Å². The third kappa shape index (κ3) is 3.61. The molecular weight excluding hydrogens is 400 g/mol. The van der Waals surface area contributed by atoms with Gasteiger partial charge in [0, 0.05) is 17.6 Å². The van der Waals surface area contributed by atoms with E-state index in [1.165, 1.54) is 0 Å². The molecule has 1 aliphatic heterocycles. The third-order valence-electron chi connectivity index (χ3n) is 5.23. The number of fused-ring (bicyclic) bond motifs is 1. The van der Waals surface area contributed by atoms with Crippen molar-refractivity contribution in [3.63, 3.8) is 0 Å². The molecule has 1 unspecified atom stereocenters. The van der Waals surface area contributed by atoms with Crippen LogP contribution in [0.4, 0.5) is 0 Å². The number of benzene rings is 1. The van der Waals surface area contributed by atoms with Crippen molar-refractivity contribution in [3.8, 4) is 17.4 Å². The van der Waals surface area contributed by atoms with Crippen molar-refractivity contribution >= 4 is 17.2 Å². The number of pyridine rings is 1. The van der Waals surface area contributed by atoms with Crippen LogP contribution in [0.2, 0.25) is 0 Å². The first-order valence-corrected chi connectivity index (χ1v) is 10.7. The molecule has 1 aromatic carbocycles. The molecule has 0 saturated carbocycles. The zero-order valence-corrected chi connectivity index (χ0v) is 18.1. The molecule has 3 heterocycles. The fourth-order valence-electron chi connectivity index (χ4n) is 3.88. The zero-order chi connectivity index (χ0) is 21.1. The van der Waals surface area contributed by atoms with Crippen molar-refractivity contribution < 1.29 is 19.0 Å². The summed E-state index contributed by atoms with van der Waals surface area (Å²) in [5, 5.41) is 2.03. The number of methoxy groups -OCH3 is 2. The van der Waals surface area contributed by atoms with E-state index in [4.69, 9.17) is 14.2 Å². The van der Waals surface area contributed by atoms with E-state index in [-0.39, 0.29) is 11.9 Å². The van der Waals surface area contributed by atoms with Crippen molar-refractivity contribution in [2.45, 2.75) is 19.4 Å². The molecule has 0 saturated heterocycles. The summed E-state index contributed by atoms with van der Waals surface area (Å²) in [4.78, 5) is 20.9. The van der Waals surface area contributed by atoms with E-state index in [0.717, 1.165) is 22.4 Å². The largest absolute Gasteiger partial charge is 0.493 e. The van der Waals surface area contributed by atoms with Crippen molar-refractivity contribution in [2.75, 3.05) is 27.4 Å². The summed E-state index contributed by atoms with van der Waals surface area (Å²) in [6.07, 6.45) is 2.37. The highest BCUT2D eigenvalue weighted by atomic mass is 32.1. The molecule has 0 fully saturated rings. The molecule has 7 heteroatoms. The summed E-state index contributed by atoms with van der Waals surface area (Å²) in [5.41, 5.74) is 2.69. The van der Waals surface area contributed by atoms with Crippen LogP contribution in [0, 0.1) is 0 Å². The van der Waals surface area contributed by atoms with Gasteiger partial charge in [0.2, 0.25) is 5.88 Å². The van der Waals surface area contributed by atoms with E-state index in [1.807, 2.05) is 35.4 Å². The lowest BCUT2D eigenvalue weighted by molar-refractivity contribution is 0.0691. The Balaban J connectivity index is 1.81. The van der Waals surface area contributed by atoms with E-state index >= 15 is 0 Å². The minimum absolute atomic E-state index is 0.0922. The first-order valence-electron chi connectivity index (χ1n) is 9.84. The molecule has 2 aromatic heterocycles. The van der Waals surface area contributed by atoms with Crippen molar-refractivity contribution in [2.24, 2.45) is 0 Å². The Morgan fingerprint density at radius 3 is 2.70 bits per heavy atom. The molecule has 30 heavy (non-hydrogen) atoms. The first kappa shape index (κ1) is 20.2. The average Bonchev–Trinajstić information content (AvgIpc) is 3.32. The molecule has 4 rings (SSSR count). The number of hydrogen-bond acceptors (Lipinski definition) is 6. The highest BCUT2D eigenvalue weighted by molar-refractivity contribution is 7.10. The summed E-state index contributed by atoms with van der Waals surface area (Å²) >= 11 is 1.63. The van der Waals surface area contributed by atoms with Gasteiger partial charge >= 0.3 is 0 Å². The molecule has 0 radical (unpaired) electrons. The number of carbonyl (C=O) groups excluding carboxylic acids is 1. The molecule has 0 aliphatic carbocycles. The van der Waals surface area contributed by atoms with Gasteiger partial charge in [-0.2, -0.15) is 0 Å². The minimum atomic E-state index is -0.212. The number of aromatic nitrogens is 1. The Bertz CT molecular complexity index is 1040. The number of ether oxygens (including phenoxy) is 3. The quantitative estimate of drug-likeness (QED) is 0.589. The maximum absolute atomic E-state index is 13.6. The van der Waals surface area contributed by atoms with Crippen LogP contribution in [-0.4, -0.2) is 43.2 Å². The van der Waals surface area contributed by atoms with Gasteiger partial charge in [0.1, 0.15) is 5.56 Å². The molecule has 6 nitrogen and oxygen atoms in total. The minimum Gasteiger partial charge on any atom is -0.493 e. The number of amides is 1. The second kappa shape index (κ2) is 8.75. The predicted octanol–water partition coefficient (Wildman–Crippen LogP) is 4.35. The van der Waals surface area contributed by atoms with Gasteiger partial charge in [-0.25, -0.2) is 4.98 Å². The standard InChI is InChI=1S/C23H24N2O4S/c1-4-29-22-16(7-5-10-24-22)23(26)25-11-9-15-13-18(27-2)19(28-3)14-17(15)21(25)20-8-6-12-30-20/h5-8,10,12-14,21H,4,9,11H2,1-3H3. The number of carbonyl (C=O) groups is 1. The normalized spacial score (nSPS) is 15.4. The van der Waals surface area contributed by atoms with Crippen LogP contribution in [0.1, 0.15) is 39.3 Å². The molecule has 3 aromatic rings. The van der Waals surface area contributed by atoms with Gasteiger partial charge in [0.25, 0.3) is 5.91 Å². The highest BCUT2D eigenvalue weighted by Gasteiger charge is 2.35. The summed E-state index contributed by atoms with van der Waals surface area (Å²) in [6.45, 7) is 2.92. The number of rotatable bonds is 6. The van der Waals surface area contributed by atoms with Gasteiger partial charge < -0.3 is 19.1 Å². The Labute approximate surface area is 180 Å². The first-order chi connectivity index (χ1) is 14.7. The van der Waals surface area contributed by atoms with Crippen LogP contribution < -0.4 is 14.2 Å².